The lowest BCUT2D eigenvalue weighted by molar-refractivity contribution is 0.0321. The maximum atomic E-state index is 12.9. The molecule has 0 spiro atoms. The number of nitrogens with zero attached hydrogens (tertiary/aromatic N) is 6. The van der Waals surface area contributed by atoms with Crippen molar-refractivity contribution in [1.82, 2.24) is 35.6 Å². The lowest BCUT2D eigenvalue weighted by Gasteiger charge is -2.40. The predicted molar refractivity (Wildman–Crippen MR) is 654 cm³/mol. The number of aliphatic hydroxyl groups is 1. The van der Waals surface area contributed by atoms with Crippen LogP contribution in [0.5, 0.6) is 0 Å². The van der Waals surface area contributed by atoms with Crippen molar-refractivity contribution in [2.75, 3.05) is 42.3 Å². The summed E-state index contributed by atoms with van der Waals surface area (Å²) in [7, 11) is 12.3. The molecule has 8 N–H and O–H groups in total. The van der Waals surface area contributed by atoms with Crippen molar-refractivity contribution in [3.63, 3.8) is 0 Å². The number of hydrogen-bond donors (Lipinski definition) is 4. The van der Waals surface area contributed by atoms with Gasteiger partial charge in [-0.05, 0) is 422 Å². The van der Waals surface area contributed by atoms with E-state index in [2.05, 4.69) is 226 Å². The first-order valence-electron chi connectivity index (χ1n) is 50.7. The molecule has 12 aliphatic heterocycles. The van der Waals surface area contributed by atoms with Crippen LogP contribution in [0.25, 0.3) is 0 Å². The maximum Gasteiger partial charge on any atom is 0.248 e. The molecule has 0 radical (unpaired) electrons. The fourth-order valence-corrected chi connectivity index (χ4v) is 44.7. The second-order valence-corrected chi connectivity index (χ2v) is 60.0. The van der Waals surface area contributed by atoms with Crippen molar-refractivity contribution >= 4 is 178 Å². The van der Waals surface area contributed by atoms with E-state index < -0.39 is 34.2 Å². The number of rotatable bonds is 26. The minimum absolute atomic E-state index is 0. The van der Waals surface area contributed by atoms with E-state index in [1.54, 1.807) is 42.2 Å². The van der Waals surface area contributed by atoms with Crippen LogP contribution in [0.2, 0.25) is 0 Å². The Balaban J connectivity index is 0.000000179. The van der Waals surface area contributed by atoms with Crippen LogP contribution in [0.15, 0.2) is 210 Å². The molecule has 12 bridgehead atoms. The highest BCUT2D eigenvalue weighted by Gasteiger charge is 2.55. The molecule has 12 fully saturated rings. The highest BCUT2D eigenvalue weighted by molar-refractivity contribution is 8.14. The predicted octanol–water partition coefficient (Wildman–Crippen LogP) is 32.6. The normalized spacial score (nSPS) is 26.8. The van der Waals surface area contributed by atoms with E-state index in [4.69, 9.17) is 28.5 Å². The van der Waals surface area contributed by atoms with Crippen LogP contribution in [0.4, 0.5) is 0 Å². The van der Waals surface area contributed by atoms with Gasteiger partial charge in [-0.1, -0.05) is 125 Å². The van der Waals surface area contributed by atoms with E-state index >= 15 is 0 Å². The van der Waals surface area contributed by atoms with Gasteiger partial charge in [0, 0.05) is 153 Å². The smallest absolute Gasteiger partial charge is 0.248 e. The summed E-state index contributed by atoms with van der Waals surface area (Å²) < 4.78 is 49.5. The van der Waals surface area contributed by atoms with Crippen molar-refractivity contribution in [1.29, 1.82) is 0 Å². The zero-order valence-corrected chi connectivity index (χ0v) is 95.6. The van der Waals surface area contributed by atoms with Gasteiger partial charge in [0.05, 0.1) is 4.75 Å². The molecule has 0 amide bonds. The van der Waals surface area contributed by atoms with Gasteiger partial charge in [0.15, 0.2) is 9.49 Å². The number of hydrogen-bond acceptors (Lipinski definition) is 25. The van der Waals surface area contributed by atoms with Gasteiger partial charge in [0.1, 0.15) is 5.60 Å². The standard InChI is InChI=1S/2C19H25NS2.C18H22ClNO2S3.C18H24N2O2S3.C18H23NOS2.C18H23NS3.7CH4.H3N.H2O/c2*1-19(17-5-3-9-21-17,18-6-4-10-22-18)13-14-11-15-7-8-16(12-14)20(15)2;2*1-20-14-6-7-15(20)11-13(10-14)12-18(25(19,21)22,16-4-2-8-23-16)17-5-3-9-24-17;2*1-19-14-6-7-15(19)11-13(10-14)12-18(20,16-4-2-8-21-16)17-5-3-9-22-17;;;;;;;;;/h2*3-6,9-10,14-16H,7-8,11-13H2,1-2H3;2-5,8-9,13-15H,6-7,10-12H2,1H3;2-5,8-9,13-15H,6-7,10-12H2,1H3,(H2,19,21,22);2*2-5,8-9,13-15,20H,6-7,10-12H2,1H3;7*1H4;1H3;1H2. The van der Waals surface area contributed by atoms with Crippen molar-refractivity contribution in [2.24, 2.45) is 40.6 Å². The van der Waals surface area contributed by atoms with E-state index in [0.717, 1.165) is 127 Å². The SMILES string of the molecule is C.C.C.C.C.C.C.CN1C2CCC1CC(CC(C)(c1cccs1)c1cccs1)C2.CN1C2CCC1CC(CC(C)(c1cccs1)c1cccs1)C2.CN1C2CCC1CC(CC(O)(c1cccs1)c1cccs1)C2.CN1C2CCC1CC(CC(S)(c1cccs1)c1cccs1)C2.CN1C2CCC1CC(CC(c1cccs1)(c1cccs1)S(=O)(=O)Cl)C2.CN1C2CCC1CC(CC(c1cccs1)(c1cccs1)S(N)(=O)=O)C2.N.O. The number of thiol groups is 1. The van der Waals surface area contributed by atoms with Crippen LogP contribution in [0, 0.1) is 35.5 Å². The average Bonchev–Trinajstić information content (AvgIpc) is 1.58. The van der Waals surface area contributed by atoms with Crippen molar-refractivity contribution in [3.05, 3.63) is 269 Å². The summed E-state index contributed by atoms with van der Waals surface area (Å²) in [6.07, 6.45) is 37.0. The zero-order chi connectivity index (χ0) is 95.9. The molecule has 30 heteroatoms. The lowest BCUT2D eigenvalue weighted by atomic mass is 9.74. The average molecular weight is 2310 g/mol. The van der Waals surface area contributed by atoms with E-state index in [1.807, 2.05) is 138 Å². The molecule has 0 saturated carbocycles. The summed E-state index contributed by atoms with van der Waals surface area (Å²) >= 11 is 26.0. The van der Waals surface area contributed by atoms with Gasteiger partial charge in [-0.2, -0.15) is 12.6 Å². The number of halogens is 1. The first-order valence-corrected chi connectivity index (χ1v) is 65.6. The van der Waals surface area contributed by atoms with E-state index in [9.17, 15) is 21.9 Å². The van der Waals surface area contributed by atoms with Gasteiger partial charge >= 0.3 is 0 Å². The molecule has 24 rings (SSSR count). The third-order valence-corrected chi connectivity index (χ3v) is 53.5. The van der Waals surface area contributed by atoms with Gasteiger partial charge in [-0.15, -0.1) is 136 Å². The fraction of sp³-hybridized carbons (Fsp3) is 0.590. The summed E-state index contributed by atoms with van der Waals surface area (Å²) in [5, 5.41) is 42.7. The van der Waals surface area contributed by atoms with Crippen LogP contribution in [-0.4, -0.2) is 172 Å². The summed E-state index contributed by atoms with van der Waals surface area (Å²) in [5.41, 5.74) is -0.368. The summed E-state index contributed by atoms with van der Waals surface area (Å²) in [4.78, 5) is 30.1. The topological polar surface area (TPSA) is 200 Å². The Bertz CT molecular complexity index is 5060. The summed E-state index contributed by atoms with van der Waals surface area (Å²) in [6, 6.07) is 59.6. The molecule has 147 heavy (non-hydrogen) atoms. The Morgan fingerprint density at radius 3 is 0.639 bits per heavy atom. The van der Waals surface area contributed by atoms with Gasteiger partial charge in [-0.25, -0.2) is 22.0 Å². The van der Waals surface area contributed by atoms with Crippen LogP contribution in [-0.2, 0) is 49.7 Å². The number of piperidine rings is 6. The first kappa shape index (κ1) is 125. The van der Waals surface area contributed by atoms with Gasteiger partial charge in [-0.3, -0.25) is 0 Å². The fourth-order valence-electron chi connectivity index (χ4n) is 28.1. The van der Waals surface area contributed by atoms with Crippen LogP contribution >= 0.6 is 159 Å². The van der Waals surface area contributed by atoms with Crippen molar-refractivity contribution < 1.29 is 27.4 Å². The summed E-state index contributed by atoms with van der Waals surface area (Å²) in [5.74, 6) is 3.95. The Morgan fingerprint density at radius 1 is 0.286 bits per heavy atom. The molecule has 12 saturated heterocycles. The maximum absolute atomic E-state index is 12.9. The Hall–Kier alpha value is -3.46. The zero-order valence-electron chi connectivity index (χ0n) is 82.5. The number of sulfonamides is 1. The van der Waals surface area contributed by atoms with Crippen molar-refractivity contribution in [2.45, 2.75) is 362 Å². The Morgan fingerprint density at radius 2 is 0.449 bits per heavy atom. The van der Waals surface area contributed by atoms with E-state index in [0.29, 0.717) is 54.8 Å². The Labute approximate surface area is 945 Å². The molecule has 12 atom stereocenters. The molecule has 816 valence electrons. The van der Waals surface area contributed by atoms with Crippen molar-refractivity contribution in [3.8, 4) is 0 Å². The highest BCUT2D eigenvalue weighted by atomic mass is 35.7. The van der Waals surface area contributed by atoms with Crippen LogP contribution in [0.3, 0.4) is 0 Å². The number of nitrogens with two attached hydrogens (primary N) is 1. The molecular formula is C117H175ClN8O6S15. The molecule has 24 heterocycles. The van der Waals surface area contributed by atoms with E-state index in [1.165, 1.54) is 203 Å². The highest BCUT2D eigenvalue weighted by Crippen LogP contribution is 2.58. The molecule has 12 aromatic rings. The lowest BCUT2D eigenvalue weighted by Crippen LogP contribution is -2.46. The molecule has 12 aromatic heterocycles. The molecule has 14 nitrogen and oxygen atoms in total. The van der Waals surface area contributed by atoms with Gasteiger partial charge < -0.3 is 46.1 Å². The number of primary sulfonamides is 1. The molecule has 0 aromatic carbocycles. The van der Waals surface area contributed by atoms with E-state index in [-0.39, 0.29) is 79.2 Å². The minimum atomic E-state index is -3.82. The molecule has 0 aliphatic carbocycles. The third kappa shape index (κ3) is 26.4. The molecular weight excluding hydrogens is 2130 g/mol. The molecule has 12 unspecified atom stereocenters. The number of thiophene rings is 12. The first-order chi connectivity index (χ1) is 66.5. The monoisotopic (exact) mass is 2300 g/mol. The van der Waals surface area contributed by atoms with Crippen LogP contribution in [0.1, 0.15) is 317 Å². The largest absolute Gasteiger partial charge is 0.412 e. The van der Waals surface area contributed by atoms with Crippen LogP contribution < -0.4 is 11.3 Å². The second-order valence-electron chi connectivity index (χ2n) is 43.3. The summed E-state index contributed by atoms with van der Waals surface area (Å²) in [6.45, 7) is 4.95. The quantitative estimate of drug-likeness (QED) is 0.0296. The number of fused-ring (bicyclic) bond motifs is 12. The third-order valence-electron chi connectivity index (χ3n) is 35.4. The minimum Gasteiger partial charge on any atom is -0.412 e. The second kappa shape index (κ2) is 53.7. The van der Waals surface area contributed by atoms with Gasteiger partial charge in [0.25, 0.3) is 0 Å². The Kier molecular flexibility index (Phi) is 45.8. The molecule has 12 aliphatic rings. The van der Waals surface area contributed by atoms with Gasteiger partial charge in [0.2, 0.25) is 19.1 Å².